The van der Waals surface area contributed by atoms with Crippen molar-refractivity contribution in [3.8, 4) is 0 Å². The van der Waals surface area contributed by atoms with Gasteiger partial charge in [0.05, 0.1) is 11.4 Å². The van der Waals surface area contributed by atoms with Crippen LogP contribution in [0.3, 0.4) is 0 Å². The second kappa shape index (κ2) is 5.89. The fourth-order valence-electron chi connectivity index (χ4n) is 3.61. The molecule has 2 aliphatic rings. The molecule has 1 aliphatic heterocycles. The third-order valence-electron chi connectivity index (χ3n) is 5.41. The normalized spacial score (nSPS) is 20.1. The van der Waals surface area contributed by atoms with E-state index in [4.69, 9.17) is 4.98 Å². The van der Waals surface area contributed by atoms with Gasteiger partial charge in [0.1, 0.15) is 6.33 Å². The maximum Gasteiger partial charge on any atom is 0.225 e. The van der Waals surface area contributed by atoms with E-state index in [0.717, 1.165) is 48.1 Å². The molecule has 1 aliphatic carbocycles. The lowest BCUT2D eigenvalue weighted by Gasteiger charge is -2.19. The highest BCUT2D eigenvalue weighted by molar-refractivity contribution is 5.71. The molecule has 0 radical (unpaired) electrons. The molecule has 1 saturated heterocycles. The molecule has 2 fully saturated rings. The van der Waals surface area contributed by atoms with E-state index in [-0.39, 0.29) is 0 Å². The average Bonchev–Trinajstić information content (AvgIpc) is 3.22. The van der Waals surface area contributed by atoms with Crippen molar-refractivity contribution in [3.63, 3.8) is 0 Å². The minimum atomic E-state index is 0.323. The molecule has 134 valence electrons. The van der Waals surface area contributed by atoms with Gasteiger partial charge in [-0.15, -0.1) is 10.2 Å². The Balaban J connectivity index is 1.36. The van der Waals surface area contributed by atoms with Gasteiger partial charge in [0.25, 0.3) is 0 Å². The molecule has 8 heteroatoms. The van der Waals surface area contributed by atoms with E-state index in [1.807, 2.05) is 13.1 Å². The molecular formula is C18H22N8. The number of aromatic nitrogens is 6. The number of aryl methyl sites for hydroxylation is 1. The summed E-state index contributed by atoms with van der Waals surface area (Å²) >= 11 is 0. The van der Waals surface area contributed by atoms with Crippen molar-refractivity contribution in [2.75, 3.05) is 23.3 Å². The Morgan fingerprint density at radius 1 is 1.19 bits per heavy atom. The van der Waals surface area contributed by atoms with Crippen LogP contribution in [0.25, 0.3) is 5.65 Å². The lowest BCUT2D eigenvalue weighted by molar-refractivity contribution is 0.795. The third-order valence-corrected chi connectivity index (χ3v) is 5.41. The molecule has 1 N–H and O–H groups in total. The summed E-state index contributed by atoms with van der Waals surface area (Å²) in [6.07, 6.45) is 7.10. The van der Waals surface area contributed by atoms with Crippen LogP contribution in [0.15, 0.2) is 18.6 Å². The summed E-state index contributed by atoms with van der Waals surface area (Å²) < 4.78 is 1.74. The first kappa shape index (κ1) is 15.5. The summed E-state index contributed by atoms with van der Waals surface area (Å²) in [6, 6.07) is 2.38. The Labute approximate surface area is 151 Å². The SMILES string of the molecule is Cc1nn2cnnc2c(NC2CCN(c3nccc(C4CC4)n3)C2)c1C. The number of hydrogen-bond acceptors (Lipinski definition) is 7. The van der Waals surface area contributed by atoms with Gasteiger partial charge in [0, 0.05) is 36.9 Å². The molecular weight excluding hydrogens is 328 g/mol. The number of rotatable bonds is 4. The Bertz CT molecular complexity index is 961. The summed E-state index contributed by atoms with van der Waals surface area (Å²) in [5.41, 5.74) is 5.09. The van der Waals surface area contributed by atoms with Gasteiger partial charge >= 0.3 is 0 Å². The van der Waals surface area contributed by atoms with Crippen molar-refractivity contribution >= 4 is 17.3 Å². The van der Waals surface area contributed by atoms with E-state index in [9.17, 15) is 0 Å². The molecule has 0 spiro atoms. The minimum absolute atomic E-state index is 0.323. The van der Waals surface area contributed by atoms with Crippen molar-refractivity contribution in [1.29, 1.82) is 0 Å². The van der Waals surface area contributed by atoms with Crippen LogP contribution in [0, 0.1) is 13.8 Å². The third kappa shape index (κ3) is 2.65. The molecule has 5 rings (SSSR count). The van der Waals surface area contributed by atoms with Crippen LogP contribution in [0.2, 0.25) is 0 Å². The van der Waals surface area contributed by atoms with Crippen LogP contribution in [0.5, 0.6) is 0 Å². The Morgan fingerprint density at radius 2 is 2.08 bits per heavy atom. The average molecular weight is 350 g/mol. The second-order valence-corrected chi connectivity index (χ2v) is 7.32. The molecule has 26 heavy (non-hydrogen) atoms. The zero-order valence-corrected chi connectivity index (χ0v) is 15.1. The van der Waals surface area contributed by atoms with Crippen molar-refractivity contribution in [2.24, 2.45) is 0 Å². The van der Waals surface area contributed by atoms with Gasteiger partial charge in [-0.25, -0.2) is 9.97 Å². The monoisotopic (exact) mass is 350 g/mol. The molecule has 3 aromatic heterocycles. The Hall–Kier alpha value is -2.77. The summed E-state index contributed by atoms with van der Waals surface area (Å²) in [5, 5.41) is 16.4. The van der Waals surface area contributed by atoms with Crippen LogP contribution in [-0.4, -0.2) is 48.9 Å². The molecule has 8 nitrogen and oxygen atoms in total. The predicted octanol–water partition coefficient (Wildman–Crippen LogP) is 2.10. The molecule has 0 bridgehead atoms. The van der Waals surface area contributed by atoms with Gasteiger partial charge in [-0.2, -0.15) is 9.61 Å². The molecule has 0 amide bonds. The lowest BCUT2D eigenvalue weighted by Crippen LogP contribution is -2.28. The van der Waals surface area contributed by atoms with Gasteiger partial charge in [-0.3, -0.25) is 0 Å². The van der Waals surface area contributed by atoms with Gasteiger partial charge in [0.15, 0.2) is 0 Å². The summed E-state index contributed by atoms with van der Waals surface area (Å²) in [7, 11) is 0. The van der Waals surface area contributed by atoms with Crippen molar-refractivity contribution in [2.45, 2.75) is 45.1 Å². The summed E-state index contributed by atoms with van der Waals surface area (Å²) in [4.78, 5) is 11.6. The first-order valence-electron chi connectivity index (χ1n) is 9.20. The van der Waals surface area contributed by atoms with Crippen LogP contribution >= 0.6 is 0 Å². The van der Waals surface area contributed by atoms with Crippen LogP contribution in [0.4, 0.5) is 11.6 Å². The molecule has 1 atom stereocenters. The maximum atomic E-state index is 4.78. The Kier molecular flexibility index (Phi) is 3.51. The molecule has 1 saturated carbocycles. The zero-order valence-electron chi connectivity index (χ0n) is 15.1. The first-order valence-corrected chi connectivity index (χ1v) is 9.20. The lowest BCUT2D eigenvalue weighted by atomic mass is 10.1. The van der Waals surface area contributed by atoms with Gasteiger partial charge < -0.3 is 10.2 Å². The van der Waals surface area contributed by atoms with Crippen molar-refractivity contribution in [3.05, 3.63) is 35.5 Å². The number of anilines is 2. The van der Waals surface area contributed by atoms with Crippen molar-refractivity contribution in [1.82, 2.24) is 29.8 Å². The maximum absolute atomic E-state index is 4.78. The predicted molar refractivity (Wildman–Crippen MR) is 98.5 cm³/mol. The second-order valence-electron chi connectivity index (χ2n) is 7.32. The minimum Gasteiger partial charge on any atom is -0.377 e. The summed E-state index contributed by atoms with van der Waals surface area (Å²) in [6.45, 7) is 5.93. The summed E-state index contributed by atoms with van der Waals surface area (Å²) in [5.74, 6) is 1.51. The van der Waals surface area contributed by atoms with Gasteiger partial charge in [-0.05, 0) is 44.7 Å². The van der Waals surface area contributed by atoms with E-state index >= 15 is 0 Å². The fraction of sp³-hybridized carbons (Fsp3) is 0.500. The van der Waals surface area contributed by atoms with E-state index in [2.05, 4.69) is 43.5 Å². The molecule has 0 aromatic carbocycles. The largest absolute Gasteiger partial charge is 0.377 e. The first-order chi connectivity index (χ1) is 12.7. The van der Waals surface area contributed by atoms with Crippen molar-refractivity contribution < 1.29 is 0 Å². The van der Waals surface area contributed by atoms with Gasteiger partial charge in [0.2, 0.25) is 11.6 Å². The fourth-order valence-corrected chi connectivity index (χ4v) is 3.61. The quantitative estimate of drug-likeness (QED) is 0.771. The molecule has 1 unspecified atom stereocenters. The van der Waals surface area contributed by atoms with E-state index in [1.54, 1.807) is 10.8 Å². The number of nitrogens with one attached hydrogen (secondary N) is 1. The zero-order chi connectivity index (χ0) is 17.7. The van der Waals surface area contributed by atoms with Crippen LogP contribution in [-0.2, 0) is 0 Å². The standard InChI is InChI=1S/C18H22N8/c1-11-12(2)24-26-10-20-23-17(26)16(11)21-14-6-8-25(9-14)18-19-7-5-15(22-18)13-3-4-13/h5,7,10,13-14,21H,3-4,6,8-9H2,1-2H3. The van der Waals surface area contributed by atoms with E-state index in [1.165, 1.54) is 18.5 Å². The number of nitrogens with zero attached hydrogens (tertiary/aromatic N) is 7. The van der Waals surface area contributed by atoms with Crippen LogP contribution < -0.4 is 10.2 Å². The highest BCUT2D eigenvalue weighted by Gasteiger charge is 2.29. The topological polar surface area (TPSA) is 84.1 Å². The number of hydrogen-bond donors (Lipinski definition) is 1. The highest BCUT2D eigenvalue weighted by atomic mass is 15.4. The highest BCUT2D eigenvalue weighted by Crippen LogP contribution is 2.39. The molecule has 4 heterocycles. The Morgan fingerprint density at radius 3 is 2.92 bits per heavy atom. The van der Waals surface area contributed by atoms with E-state index < -0.39 is 0 Å². The number of fused-ring (bicyclic) bond motifs is 1. The smallest absolute Gasteiger partial charge is 0.225 e. The van der Waals surface area contributed by atoms with E-state index in [0.29, 0.717) is 12.0 Å². The van der Waals surface area contributed by atoms with Gasteiger partial charge in [-0.1, -0.05) is 0 Å². The van der Waals surface area contributed by atoms with Crippen LogP contribution in [0.1, 0.15) is 42.1 Å². The molecule has 3 aromatic rings.